The Labute approximate surface area is 169 Å². The van der Waals surface area contributed by atoms with Gasteiger partial charge in [-0.15, -0.1) is 0 Å². The molecule has 1 N–H and O–H groups in total. The van der Waals surface area contributed by atoms with Gasteiger partial charge in [-0.05, 0) is 47.5 Å². The number of carbonyl (C=O) groups is 1. The number of fused-ring (bicyclic) bond motifs is 1. The van der Waals surface area contributed by atoms with Crippen LogP contribution in [0.2, 0.25) is 0 Å². The van der Waals surface area contributed by atoms with Crippen molar-refractivity contribution in [2.75, 3.05) is 11.9 Å². The molecule has 1 heterocycles. The molecule has 0 bridgehead atoms. The van der Waals surface area contributed by atoms with Gasteiger partial charge in [-0.25, -0.2) is 0 Å². The molecule has 0 fully saturated rings. The number of amides is 1. The third-order valence-electron chi connectivity index (χ3n) is 4.82. The van der Waals surface area contributed by atoms with E-state index in [1.165, 1.54) is 0 Å². The molecule has 29 heavy (non-hydrogen) atoms. The van der Waals surface area contributed by atoms with E-state index in [2.05, 4.69) is 11.4 Å². The number of nitrogens with one attached hydrogen (secondary N) is 1. The molecule has 0 saturated carbocycles. The van der Waals surface area contributed by atoms with E-state index in [9.17, 15) is 4.79 Å². The van der Waals surface area contributed by atoms with Crippen LogP contribution in [0.3, 0.4) is 0 Å². The minimum Gasteiger partial charge on any atom is -0.493 e. The van der Waals surface area contributed by atoms with Gasteiger partial charge in [0.25, 0.3) is 5.91 Å². The Morgan fingerprint density at radius 2 is 1.93 bits per heavy atom. The minimum absolute atomic E-state index is 0.159. The molecule has 0 radical (unpaired) electrons. The standard InChI is InChI=1S/C24H20N2O3/c25-13-11-17-5-8-21(9-6-17)29-16-20-3-1-2-4-22(20)26-24(27)19-7-10-23-18(15-19)12-14-28-23/h1-10,15H,11-12,14,16H2,(H,26,27). The Kier molecular flexibility index (Phi) is 5.44. The Morgan fingerprint density at radius 1 is 1.10 bits per heavy atom. The first kappa shape index (κ1) is 18.6. The second kappa shape index (κ2) is 8.49. The Morgan fingerprint density at radius 3 is 2.76 bits per heavy atom. The number of rotatable bonds is 6. The van der Waals surface area contributed by atoms with Crippen LogP contribution < -0.4 is 14.8 Å². The molecule has 4 rings (SSSR count). The number of benzene rings is 3. The van der Waals surface area contributed by atoms with E-state index in [-0.39, 0.29) is 5.91 Å². The van der Waals surface area contributed by atoms with Crippen molar-refractivity contribution in [3.8, 4) is 17.6 Å². The van der Waals surface area contributed by atoms with Gasteiger partial charge in [-0.2, -0.15) is 5.26 Å². The van der Waals surface area contributed by atoms with Crippen LogP contribution in [0.5, 0.6) is 11.5 Å². The van der Waals surface area contributed by atoms with E-state index in [4.69, 9.17) is 14.7 Å². The van der Waals surface area contributed by atoms with Crippen LogP contribution in [-0.2, 0) is 19.4 Å². The topological polar surface area (TPSA) is 71.3 Å². The first-order chi connectivity index (χ1) is 14.2. The van der Waals surface area contributed by atoms with Gasteiger partial charge in [-0.1, -0.05) is 30.3 Å². The van der Waals surface area contributed by atoms with E-state index in [1.807, 2.05) is 60.7 Å². The van der Waals surface area contributed by atoms with Crippen LogP contribution in [-0.4, -0.2) is 12.5 Å². The number of para-hydroxylation sites is 1. The molecule has 1 amide bonds. The lowest BCUT2D eigenvalue weighted by molar-refractivity contribution is 0.102. The van der Waals surface area contributed by atoms with Crippen molar-refractivity contribution in [2.45, 2.75) is 19.4 Å². The first-order valence-electron chi connectivity index (χ1n) is 9.46. The van der Waals surface area contributed by atoms with Gasteiger partial charge in [0.1, 0.15) is 18.1 Å². The average molecular weight is 384 g/mol. The summed E-state index contributed by atoms with van der Waals surface area (Å²) in [5.41, 5.74) is 4.22. The lowest BCUT2D eigenvalue weighted by Gasteiger charge is -2.13. The molecule has 3 aromatic rings. The maximum atomic E-state index is 12.7. The van der Waals surface area contributed by atoms with Crippen LogP contribution in [0, 0.1) is 11.3 Å². The summed E-state index contributed by atoms with van der Waals surface area (Å²) in [5.74, 6) is 1.41. The normalized spacial score (nSPS) is 11.8. The summed E-state index contributed by atoms with van der Waals surface area (Å²) in [4.78, 5) is 12.7. The second-order valence-electron chi connectivity index (χ2n) is 6.80. The quantitative estimate of drug-likeness (QED) is 0.678. The lowest BCUT2D eigenvalue weighted by atomic mass is 10.1. The molecule has 144 valence electrons. The number of hydrogen-bond acceptors (Lipinski definition) is 4. The summed E-state index contributed by atoms with van der Waals surface area (Å²) < 4.78 is 11.4. The number of carbonyl (C=O) groups excluding carboxylic acids is 1. The predicted molar refractivity (Wildman–Crippen MR) is 110 cm³/mol. The highest BCUT2D eigenvalue weighted by atomic mass is 16.5. The summed E-state index contributed by atoms with van der Waals surface area (Å²) in [7, 11) is 0. The number of hydrogen-bond donors (Lipinski definition) is 1. The predicted octanol–water partition coefficient (Wildman–Crippen LogP) is 4.52. The summed E-state index contributed by atoms with van der Waals surface area (Å²) in [5, 5.41) is 11.7. The van der Waals surface area contributed by atoms with Crippen LogP contribution >= 0.6 is 0 Å². The van der Waals surface area contributed by atoms with Gasteiger partial charge >= 0.3 is 0 Å². The van der Waals surface area contributed by atoms with Crippen molar-refractivity contribution in [3.05, 3.63) is 89.0 Å². The van der Waals surface area contributed by atoms with Gasteiger partial charge in [0.05, 0.1) is 19.1 Å². The SMILES string of the molecule is N#CCc1ccc(OCc2ccccc2NC(=O)c2ccc3c(c2)CCO3)cc1. The summed E-state index contributed by atoms with van der Waals surface area (Å²) in [6.07, 6.45) is 1.21. The fourth-order valence-electron chi connectivity index (χ4n) is 3.25. The number of ether oxygens (including phenoxy) is 2. The van der Waals surface area contributed by atoms with Crippen molar-refractivity contribution in [1.29, 1.82) is 5.26 Å². The van der Waals surface area contributed by atoms with Crippen LogP contribution in [0.4, 0.5) is 5.69 Å². The van der Waals surface area contributed by atoms with Gasteiger partial charge in [0, 0.05) is 23.2 Å². The molecule has 0 aromatic heterocycles. The maximum absolute atomic E-state index is 12.7. The molecule has 5 heteroatoms. The number of nitrogens with zero attached hydrogens (tertiary/aromatic N) is 1. The molecule has 1 aliphatic heterocycles. The molecule has 0 saturated heterocycles. The zero-order chi connectivity index (χ0) is 20.1. The first-order valence-corrected chi connectivity index (χ1v) is 9.46. The van der Waals surface area contributed by atoms with E-state index in [0.29, 0.717) is 30.9 Å². The zero-order valence-electron chi connectivity index (χ0n) is 15.9. The molecule has 0 spiro atoms. The molecule has 5 nitrogen and oxygen atoms in total. The number of anilines is 1. The molecule has 0 unspecified atom stereocenters. The van der Waals surface area contributed by atoms with Gasteiger partial charge in [-0.3, -0.25) is 4.79 Å². The van der Waals surface area contributed by atoms with Crippen molar-refractivity contribution in [2.24, 2.45) is 0 Å². The molecule has 0 atom stereocenters. The monoisotopic (exact) mass is 384 g/mol. The third-order valence-corrected chi connectivity index (χ3v) is 4.82. The fourth-order valence-corrected chi connectivity index (χ4v) is 3.25. The smallest absolute Gasteiger partial charge is 0.255 e. The van der Waals surface area contributed by atoms with Gasteiger partial charge < -0.3 is 14.8 Å². The lowest BCUT2D eigenvalue weighted by Crippen LogP contribution is -2.14. The van der Waals surface area contributed by atoms with E-state index < -0.39 is 0 Å². The highest BCUT2D eigenvalue weighted by Crippen LogP contribution is 2.26. The summed E-state index contributed by atoms with van der Waals surface area (Å²) in [6.45, 7) is 0.990. The van der Waals surface area contributed by atoms with Crippen LogP contribution in [0.1, 0.15) is 27.0 Å². The molecule has 3 aromatic carbocycles. The van der Waals surface area contributed by atoms with Crippen LogP contribution in [0.15, 0.2) is 66.7 Å². The minimum atomic E-state index is -0.159. The highest BCUT2D eigenvalue weighted by Gasteiger charge is 2.16. The highest BCUT2D eigenvalue weighted by molar-refractivity contribution is 6.04. The Hall–Kier alpha value is -3.78. The second-order valence-corrected chi connectivity index (χ2v) is 6.80. The summed E-state index contributed by atoms with van der Waals surface area (Å²) in [6, 6.07) is 22.7. The summed E-state index contributed by atoms with van der Waals surface area (Å²) >= 11 is 0. The zero-order valence-corrected chi connectivity index (χ0v) is 15.9. The Balaban J connectivity index is 1.44. The average Bonchev–Trinajstić information content (AvgIpc) is 3.22. The van der Waals surface area contributed by atoms with Gasteiger partial charge in [0.2, 0.25) is 0 Å². The van der Waals surface area contributed by atoms with E-state index in [1.54, 1.807) is 6.07 Å². The molecular formula is C24H20N2O3. The molecule has 1 aliphatic rings. The van der Waals surface area contributed by atoms with Gasteiger partial charge in [0.15, 0.2) is 0 Å². The molecule has 0 aliphatic carbocycles. The van der Waals surface area contributed by atoms with Crippen molar-refractivity contribution >= 4 is 11.6 Å². The Bertz CT molecular complexity index is 1070. The van der Waals surface area contributed by atoms with Crippen LogP contribution in [0.25, 0.3) is 0 Å². The van der Waals surface area contributed by atoms with E-state index in [0.717, 1.165) is 34.5 Å². The van der Waals surface area contributed by atoms with E-state index >= 15 is 0 Å². The van der Waals surface area contributed by atoms with Crippen molar-refractivity contribution in [3.63, 3.8) is 0 Å². The third kappa shape index (κ3) is 4.39. The largest absolute Gasteiger partial charge is 0.493 e. The number of nitriles is 1. The molecular weight excluding hydrogens is 364 g/mol. The van der Waals surface area contributed by atoms with Crippen molar-refractivity contribution < 1.29 is 14.3 Å². The maximum Gasteiger partial charge on any atom is 0.255 e. The fraction of sp³-hybridized carbons (Fsp3) is 0.167. The van der Waals surface area contributed by atoms with Crippen molar-refractivity contribution in [1.82, 2.24) is 0 Å².